The Labute approximate surface area is 119 Å². The monoisotopic (exact) mass is 269 g/mol. The quantitative estimate of drug-likeness (QED) is 0.907. The molecule has 0 spiro atoms. The fourth-order valence-corrected chi connectivity index (χ4v) is 2.56. The summed E-state index contributed by atoms with van der Waals surface area (Å²) < 4.78 is 11.7. The van der Waals surface area contributed by atoms with Crippen molar-refractivity contribution in [3.05, 3.63) is 59.7 Å². The molecule has 0 amide bonds. The lowest BCUT2D eigenvalue weighted by Gasteiger charge is -2.14. The maximum atomic E-state index is 5.99. The molecule has 0 aliphatic carbocycles. The lowest BCUT2D eigenvalue weighted by Crippen LogP contribution is -2.13. The molecule has 3 rings (SSSR count). The average molecular weight is 269 g/mol. The van der Waals surface area contributed by atoms with Crippen LogP contribution in [-0.4, -0.2) is 19.8 Å². The topological polar surface area (TPSA) is 44.5 Å². The highest BCUT2D eigenvalue weighted by Gasteiger charge is 2.24. The number of fused-ring (bicyclic) bond motifs is 1. The van der Waals surface area contributed by atoms with Crippen LogP contribution in [0.4, 0.5) is 0 Å². The molecule has 0 fully saturated rings. The van der Waals surface area contributed by atoms with Gasteiger partial charge in [0.05, 0.1) is 19.1 Å². The molecule has 0 aromatic heterocycles. The number of hydrogen-bond acceptors (Lipinski definition) is 3. The Bertz CT molecular complexity index is 583. The first kappa shape index (κ1) is 13.0. The zero-order valence-electron chi connectivity index (χ0n) is 11.4. The van der Waals surface area contributed by atoms with Gasteiger partial charge in [0.2, 0.25) is 0 Å². The fraction of sp³-hybridized carbons (Fsp3) is 0.294. The molecule has 0 bridgehead atoms. The molecule has 0 radical (unpaired) electrons. The lowest BCUT2D eigenvalue weighted by molar-refractivity contribution is 0.247. The van der Waals surface area contributed by atoms with E-state index in [4.69, 9.17) is 15.2 Å². The molecule has 1 aliphatic heterocycles. The Morgan fingerprint density at radius 1 is 1.10 bits per heavy atom. The van der Waals surface area contributed by atoms with Crippen LogP contribution in [0.2, 0.25) is 0 Å². The van der Waals surface area contributed by atoms with Gasteiger partial charge in [-0.25, -0.2) is 0 Å². The second-order valence-electron chi connectivity index (χ2n) is 5.00. The summed E-state index contributed by atoms with van der Waals surface area (Å²) in [5.41, 5.74) is 8.04. The number of hydrogen-bond donors (Lipinski definition) is 1. The van der Waals surface area contributed by atoms with Crippen LogP contribution in [0, 0.1) is 0 Å². The SMILES string of the molecule is NCCc1ccccc1OCC1COc2ccccc21. The van der Waals surface area contributed by atoms with Gasteiger partial charge in [-0.3, -0.25) is 0 Å². The van der Waals surface area contributed by atoms with Crippen molar-refractivity contribution in [1.29, 1.82) is 0 Å². The smallest absolute Gasteiger partial charge is 0.123 e. The molecule has 104 valence electrons. The van der Waals surface area contributed by atoms with E-state index in [1.54, 1.807) is 0 Å². The van der Waals surface area contributed by atoms with E-state index in [-0.39, 0.29) is 0 Å². The third-order valence-electron chi connectivity index (χ3n) is 3.63. The van der Waals surface area contributed by atoms with Gasteiger partial charge >= 0.3 is 0 Å². The highest BCUT2D eigenvalue weighted by Crippen LogP contribution is 2.34. The van der Waals surface area contributed by atoms with Crippen molar-refractivity contribution in [1.82, 2.24) is 0 Å². The van der Waals surface area contributed by atoms with Gasteiger partial charge in [0.1, 0.15) is 11.5 Å². The van der Waals surface area contributed by atoms with E-state index in [9.17, 15) is 0 Å². The third kappa shape index (κ3) is 2.63. The van der Waals surface area contributed by atoms with Gasteiger partial charge in [0.15, 0.2) is 0 Å². The van der Waals surface area contributed by atoms with Crippen LogP contribution >= 0.6 is 0 Å². The minimum Gasteiger partial charge on any atom is -0.493 e. The number of benzene rings is 2. The van der Waals surface area contributed by atoms with Crippen LogP contribution in [0.15, 0.2) is 48.5 Å². The van der Waals surface area contributed by atoms with Crippen molar-refractivity contribution in [2.24, 2.45) is 5.73 Å². The number of rotatable bonds is 5. The zero-order chi connectivity index (χ0) is 13.8. The molecule has 3 heteroatoms. The molecule has 0 saturated heterocycles. The maximum Gasteiger partial charge on any atom is 0.123 e. The van der Waals surface area contributed by atoms with Gasteiger partial charge in [-0.15, -0.1) is 0 Å². The molecule has 2 aromatic carbocycles. The average Bonchev–Trinajstić information content (AvgIpc) is 2.90. The summed E-state index contributed by atoms with van der Waals surface area (Å²) in [6, 6.07) is 16.3. The van der Waals surface area contributed by atoms with Crippen molar-refractivity contribution in [2.75, 3.05) is 19.8 Å². The van der Waals surface area contributed by atoms with Gasteiger partial charge in [-0.2, -0.15) is 0 Å². The molecule has 2 aromatic rings. The van der Waals surface area contributed by atoms with E-state index in [2.05, 4.69) is 12.1 Å². The van der Waals surface area contributed by atoms with E-state index < -0.39 is 0 Å². The second kappa shape index (κ2) is 5.97. The normalized spacial score (nSPS) is 16.6. The Hall–Kier alpha value is -2.00. The number of ether oxygens (including phenoxy) is 2. The van der Waals surface area contributed by atoms with Crippen molar-refractivity contribution in [3.8, 4) is 11.5 Å². The summed E-state index contributed by atoms with van der Waals surface area (Å²) in [6.45, 7) is 1.97. The lowest BCUT2D eigenvalue weighted by atomic mass is 10.0. The van der Waals surface area contributed by atoms with Crippen molar-refractivity contribution >= 4 is 0 Å². The van der Waals surface area contributed by atoms with Crippen molar-refractivity contribution < 1.29 is 9.47 Å². The van der Waals surface area contributed by atoms with Crippen LogP contribution in [0.3, 0.4) is 0 Å². The molecule has 1 atom stereocenters. The van der Waals surface area contributed by atoms with Crippen LogP contribution in [0.5, 0.6) is 11.5 Å². The van der Waals surface area contributed by atoms with E-state index >= 15 is 0 Å². The zero-order valence-corrected chi connectivity index (χ0v) is 11.4. The molecule has 1 unspecified atom stereocenters. The summed E-state index contributed by atoms with van der Waals surface area (Å²) in [4.78, 5) is 0. The third-order valence-corrected chi connectivity index (χ3v) is 3.63. The first-order chi connectivity index (χ1) is 9.88. The Kier molecular flexibility index (Phi) is 3.88. The molecular weight excluding hydrogens is 250 g/mol. The predicted octanol–water partition coefficient (Wildman–Crippen LogP) is 2.74. The van der Waals surface area contributed by atoms with Crippen molar-refractivity contribution in [2.45, 2.75) is 12.3 Å². The van der Waals surface area contributed by atoms with E-state index in [1.165, 1.54) is 11.1 Å². The molecule has 2 N–H and O–H groups in total. The molecule has 3 nitrogen and oxygen atoms in total. The summed E-state index contributed by atoms with van der Waals surface area (Å²) in [6.07, 6.45) is 0.841. The Morgan fingerprint density at radius 2 is 1.90 bits per heavy atom. The predicted molar refractivity (Wildman–Crippen MR) is 79.4 cm³/mol. The molecular formula is C17H19NO2. The van der Waals surface area contributed by atoms with E-state index in [0.29, 0.717) is 25.7 Å². The first-order valence-corrected chi connectivity index (χ1v) is 7.01. The fourth-order valence-electron chi connectivity index (χ4n) is 2.56. The largest absolute Gasteiger partial charge is 0.493 e. The summed E-state index contributed by atoms with van der Waals surface area (Å²) >= 11 is 0. The van der Waals surface area contributed by atoms with Gasteiger partial charge in [-0.05, 0) is 30.7 Å². The summed E-state index contributed by atoms with van der Waals surface area (Å²) in [5, 5.41) is 0. The Balaban J connectivity index is 1.69. The molecule has 1 aliphatic rings. The van der Waals surface area contributed by atoms with Crippen molar-refractivity contribution in [3.63, 3.8) is 0 Å². The first-order valence-electron chi connectivity index (χ1n) is 7.01. The number of para-hydroxylation sites is 2. The minimum absolute atomic E-state index is 0.303. The number of nitrogens with two attached hydrogens (primary N) is 1. The summed E-state index contributed by atoms with van der Waals surface area (Å²) in [7, 11) is 0. The Morgan fingerprint density at radius 3 is 2.80 bits per heavy atom. The standard InChI is InChI=1S/C17H19NO2/c18-10-9-13-5-1-3-7-16(13)19-11-14-12-20-17-8-4-2-6-15(14)17/h1-8,14H,9-12,18H2. The van der Waals surface area contributed by atoms with Gasteiger partial charge in [0, 0.05) is 5.56 Å². The van der Waals surface area contributed by atoms with Crippen LogP contribution in [0.25, 0.3) is 0 Å². The van der Waals surface area contributed by atoms with Gasteiger partial charge in [0.25, 0.3) is 0 Å². The molecule has 0 saturated carbocycles. The second-order valence-corrected chi connectivity index (χ2v) is 5.00. The maximum absolute atomic E-state index is 5.99. The minimum atomic E-state index is 0.303. The molecule has 1 heterocycles. The summed E-state index contributed by atoms with van der Waals surface area (Å²) in [5.74, 6) is 2.22. The van der Waals surface area contributed by atoms with Crippen LogP contribution < -0.4 is 15.2 Å². The van der Waals surface area contributed by atoms with E-state index in [1.807, 2.05) is 36.4 Å². The van der Waals surface area contributed by atoms with Crippen LogP contribution in [0.1, 0.15) is 17.0 Å². The van der Waals surface area contributed by atoms with Gasteiger partial charge < -0.3 is 15.2 Å². The van der Waals surface area contributed by atoms with E-state index in [0.717, 1.165) is 17.9 Å². The highest BCUT2D eigenvalue weighted by molar-refractivity contribution is 5.40. The molecule has 20 heavy (non-hydrogen) atoms. The highest BCUT2D eigenvalue weighted by atomic mass is 16.5. The van der Waals surface area contributed by atoms with Crippen LogP contribution in [-0.2, 0) is 6.42 Å². The van der Waals surface area contributed by atoms with Gasteiger partial charge in [-0.1, -0.05) is 36.4 Å².